The van der Waals surface area contributed by atoms with Crippen molar-refractivity contribution in [2.75, 3.05) is 6.54 Å². The van der Waals surface area contributed by atoms with Gasteiger partial charge in [0.15, 0.2) is 5.11 Å². The number of hydrogen-bond donors (Lipinski definition) is 4. The molecule has 0 aliphatic heterocycles. The second-order valence-electron chi connectivity index (χ2n) is 3.91. The van der Waals surface area contributed by atoms with Crippen LogP contribution in [0, 0.1) is 11.8 Å². The van der Waals surface area contributed by atoms with E-state index in [1.165, 1.54) is 0 Å². The van der Waals surface area contributed by atoms with Crippen molar-refractivity contribution in [3.05, 3.63) is 0 Å². The molecule has 1 fully saturated rings. The SMILES string of the molecule is CC1C(=O)CCC(CNNC(N)=S)C1O. The fourth-order valence-corrected chi connectivity index (χ4v) is 1.89. The first-order valence-corrected chi connectivity index (χ1v) is 5.42. The van der Waals surface area contributed by atoms with Crippen LogP contribution in [-0.4, -0.2) is 28.7 Å². The number of aliphatic hydroxyl groups is 1. The molecule has 0 saturated heterocycles. The van der Waals surface area contributed by atoms with E-state index in [0.717, 1.165) is 0 Å². The minimum atomic E-state index is -0.577. The molecule has 1 rings (SSSR count). The summed E-state index contributed by atoms with van der Waals surface area (Å²) in [5, 5.41) is 9.99. The molecular weight excluding hydrogens is 214 g/mol. The number of nitrogens with two attached hydrogens (primary N) is 1. The van der Waals surface area contributed by atoms with Crippen molar-refractivity contribution < 1.29 is 9.90 Å². The van der Waals surface area contributed by atoms with Gasteiger partial charge in [-0.05, 0) is 18.6 Å². The first kappa shape index (κ1) is 12.4. The van der Waals surface area contributed by atoms with E-state index in [9.17, 15) is 9.90 Å². The number of thiocarbonyl (C=S) groups is 1. The van der Waals surface area contributed by atoms with E-state index >= 15 is 0 Å². The lowest BCUT2D eigenvalue weighted by Gasteiger charge is -2.31. The average molecular weight is 231 g/mol. The molecule has 0 aromatic heterocycles. The highest BCUT2D eigenvalue weighted by Crippen LogP contribution is 2.25. The van der Waals surface area contributed by atoms with E-state index in [2.05, 4.69) is 23.1 Å². The maximum atomic E-state index is 11.3. The molecule has 0 amide bonds. The van der Waals surface area contributed by atoms with Gasteiger partial charge >= 0.3 is 0 Å². The highest BCUT2D eigenvalue weighted by Gasteiger charge is 2.33. The Kier molecular flexibility index (Phi) is 4.44. The number of nitrogens with one attached hydrogen (secondary N) is 2. The second kappa shape index (κ2) is 5.39. The standard InChI is InChI=1S/C9H17N3O2S/c1-5-7(13)3-2-6(8(5)14)4-11-12-9(10)15/h5-6,8,11,14H,2-4H2,1H3,(H3,10,12,15). The zero-order valence-electron chi connectivity index (χ0n) is 8.69. The number of carbonyl (C=O) groups excluding carboxylic acids is 1. The summed E-state index contributed by atoms with van der Waals surface area (Å²) < 4.78 is 0. The third kappa shape index (κ3) is 3.40. The number of carbonyl (C=O) groups is 1. The number of rotatable bonds is 3. The molecule has 5 nitrogen and oxygen atoms in total. The Morgan fingerprint density at radius 2 is 2.40 bits per heavy atom. The van der Waals surface area contributed by atoms with Gasteiger partial charge in [0, 0.05) is 24.8 Å². The predicted octanol–water partition coefficient (Wildman–Crippen LogP) is -0.700. The average Bonchev–Trinajstić information content (AvgIpc) is 2.18. The Morgan fingerprint density at radius 3 is 3.00 bits per heavy atom. The first-order chi connectivity index (χ1) is 7.02. The van der Waals surface area contributed by atoms with Crippen LogP contribution in [0.4, 0.5) is 0 Å². The topological polar surface area (TPSA) is 87.4 Å². The summed E-state index contributed by atoms with van der Waals surface area (Å²) in [7, 11) is 0. The lowest BCUT2D eigenvalue weighted by Crippen LogP contribution is -2.48. The summed E-state index contributed by atoms with van der Waals surface area (Å²) in [6.45, 7) is 2.32. The molecule has 0 heterocycles. The van der Waals surface area contributed by atoms with Crippen LogP contribution in [0.5, 0.6) is 0 Å². The Morgan fingerprint density at radius 1 is 1.73 bits per heavy atom. The maximum Gasteiger partial charge on any atom is 0.178 e. The third-order valence-electron chi connectivity index (χ3n) is 2.84. The molecule has 15 heavy (non-hydrogen) atoms. The molecule has 5 N–H and O–H groups in total. The highest BCUT2D eigenvalue weighted by atomic mass is 32.1. The summed E-state index contributed by atoms with van der Waals surface area (Å²) in [5.41, 5.74) is 10.7. The van der Waals surface area contributed by atoms with Gasteiger partial charge in [-0.1, -0.05) is 6.92 Å². The second-order valence-corrected chi connectivity index (χ2v) is 4.35. The van der Waals surface area contributed by atoms with E-state index < -0.39 is 6.10 Å². The molecule has 6 heteroatoms. The number of hydrazine groups is 1. The van der Waals surface area contributed by atoms with Crippen LogP contribution in [0.2, 0.25) is 0 Å². The monoisotopic (exact) mass is 231 g/mol. The van der Waals surface area contributed by atoms with Gasteiger partial charge in [-0.25, -0.2) is 5.43 Å². The number of aliphatic hydroxyl groups excluding tert-OH is 1. The van der Waals surface area contributed by atoms with Crippen LogP contribution in [-0.2, 0) is 4.79 Å². The molecule has 1 aliphatic rings. The van der Waals surface area contributed by atoms with Crippen molar-refractivity contribution in [1.29, 1.82) is 0 Å². The number of Topliss-reactive ketones (excluding diaryl/α,β-unsaturated/α-hetero) is 1. The van der Waals surface area contributed by atoms with Crippen LogP contribution in [0.1, 0.15) is 19.8 Å². The van der Waals surface area contributed by atoms with Crippen LogP contribution in [0.3, 0.4) is 0 Å². The predicted molar refractivity (Wildman–Crippen MR) is 60.8 cm³/mol. The van der Waals surface area contributed by atoms with E-state index in [1.54, 1.807) is 6.92 Å². The normalized spacial score (nSPS) is 31.3. The van der Waals surface area contributed by atoms with E-state index in [4.69, 9.17) is 5.73 Å². The molecule has 0 aromatic carbocycles. The van der Waals surface area contributed by atoms with Crippen molar-refractivity contribution in [2.45, 2.75) is 25.9 Å². The quantitative estimate of drug-likeness (QED) is 0.379. The highest BCUT2D eigenvalue weighted by molar-refractivity contribution is 7.80. The summed E-state index contributed by atoms with van der Waals surface area (Å²) in [5.74, 6) is -0.0593. The van der Waals surface area contributed by atoms with Gasteiger partial charge in [0.1, 0.15) is 5.78 Å². The van der Waals surface area contributed by atoms with Gasteiger partial charge < -0.3 is 10.8 Å². The summed E-state index contributed by atoms with van der Waals surface area (Å²) in [6.07, 6.45) is 0.667. The molecule has 0 bridgehead atoms. The molecule has 1 saturated carbocycles. The smallest absolute Gasteiger partial charge is 0.178 e. The zero-order valence-corrected chi connectivity index (χ0v) is 9.51. The van der Waals surface area contributed by atoms with Gasteiger partial charge in [-0.3, -0.25) is 10.2 Å². The van der Waals surface area contributed by atoms with Crippen LogP contribution in [0.15, 0.2) is 0 Å². The van der Waals surface area contributed by atoms with Crippen molar-refractivity contribution in [1.82, 2.24) is 10.9 Å². The minimum absolute atomic E-state index is 0.0690. The molecule has 0 aromatic rings. The zero-order chi connectivity index (χ0) is 11.4. The van der Waals surface area contributed by atoms with Gasteiger partial charge in [-0.2, -0.15) is 0 Å². The molecule has 3 unspecified atom stereocenters. The van der Waals surface area contributed by atoms with Crippen LogP contribution < -0.4 is 16.6 Å². The van der Waals surface area contributed by atoms with Gasteiger partial charge in [0.2, 0.25) is 0 Å². The summed E-state index contributed by atoms with van der Waals surface area (Å²) >= 11 is 4.62. The number of hydrogen-bond acceptors (Lipinski definition) is 4. The molecule has 3 atom stereocenters. The molecule has 1 aliphatic carbocycles. The summed E-state index contributed by atoms with van der Waals surface area (Å²) in [4.78, 5) is 11.3. The Balaban J connectivity index is 2.36. The molecular formula is C9H17N3O2S. The fraction of sp³-hybridized carbons (Fsp3) is 0.778. The fourth-order valence-electron chi connectivity index (χ4n) is 1.82. The van der Waals surface area contributed by atoms with Gasteiger partial charge in [0.05, 0.1) is 6.10 Å². The van der Waals surface area contributed by atoms with E-state index in [1.807, 2.05) is 0 Å². The van der Waals surface area contributed by atoms with Crippen molar-refractivity contribution in [3.8, 4) is 0 Å². The minimum Gasteiger partial charge on any atom is -0.392 e. The third-order valence-corrected chi connectivity index (χ3v) is 2.94. The van der Waals surface area contributed by atoms with Gasteiger partial charge in [-0.15, -0.1) is 0 Å². The molecule has 0 radical (unpaired) electrons. The first-order valence-electron chi connectivity index (χ1n) is 5.01. The summed E-state index contributed by atoms with van der Waals surface area (Å²) in [6, 6.07) is 0. The largest absolute Gasteiger partial charge is 0.392 e. The van der Waals surface area contributed by atoms with Crippen molar-refractivity contribution in [3.63, 3.8) is 0 Å². The van der Waals surface area contributed by atoms with Gasteiger partial charge in [0.25, 0.3) is 0 Å². The number of ketones is 1. The Hall–Kier alpha value is -0.720. The van der Waals surface area contributed by atoms with Crippen LogP contribution >= 0.6 is 12.2 Å². The van der Waals surface area contributed by atoms with Crippen LogP contribution in [0.25, 0.3) is 0 Å². The Bertz CT molecular complexity index is 260. The van der Waals surface area contributed by atoms with E-state index in [-0.39, 0.29) is 22.7 Å². The van der Waals surface area contributed by atoms with Crippen molar-refractivity contribution >= 4 is 23.1 Å². The lowest BCUT2D eigenvalue weighted by atomic mass is 9.79. The van der Waals surface area contributed by atoms with E-state index in [0.29, 0.717) is 19.4 Å². The maximum absolute atomic E-state index is 11.3. The molecule has 0 spiro atoms. The lowest BCUT2D eigenvalue weighted by molar-refractivity contribution is -0.131. The molecule has 86 valence electrons. The Labute approximate surface area is 94.4 Å². The van der Waals surface area contributed by atoms with Crippen molar-refractivity contribution in [2.24, 2.45) is 17.6 Å².